The molecule has 0 heterocycles. The molecule has 0 fully saturated rings. The van der Waals surface area contributed by atoms with Crippen molar-refractivity contribution in [2.45, 2.75) is 4.90 Å². The van der Waals surface area contributed by atoms with Crippen LogP contribution in [0.5, 0.6) is 17.2 Å². The van der Waals surface area contributed by atoms with Gasteiger partial charge < -0.3 is 14.6 Å². The van der Waals surface area contributed by atoms with Crippen molar-refractivity contribution >= 4 is 27.5 Å². The van der Waals surface area contributed by atoms with E-state index in [0.29, 0.717) is 10.6 Å². The third kappa shape index (κ3) is 3.87. The first-order valence-corrected chi connectivity index (χ1v) is 8.77. The molecule has 0 aliphatic rings. The Hall–Kier alpha value is -2.69. The Morgan fingerprint density at radius 1 is 1.16 bits per heavy atom. The average molecular weight is 380 g/mol. The molecular weight excluding hydrogens is 366 g/mol. The predicted octanol–water partition coefficient (Wildman–Crippen LogP) is 3.40. The number of sulfone groups is 1. The molecule has 0 saturated carbocycles. The largest absolute Gasteiger partial charge is 0.502 e. The zero-order valence-corrected chi connectivity index (χ0v) is 14.9. The summed E-state index contributed by atoms with van der Waals surface area (Å²) in [5.74, 6) is -0.0419. The number of hydrogen-bond donors (Lipinski definition) is 1. The summed E-state index contributed by atoms with van der Waals surface area (Å²) in [5, 5.41) is 19.6. The lowest BCUT2D eigenvalue weighted by Gasteiger charge is -2.10. The Morgan fingerprint density at radius 3 is 2.12 bits per heavy atom. The molecule has 0 unspecified atom stereocenters. The van der Waals surface area contributed by atoms with Gasteiger partial charge in [-0.3, -0.25) is 0 Å². The maximum atomic E-state index is 12.6. The molecule has 0 aliphatic heterocycles. The molecule has 0 atom stereocenters. The van der Waals surface area contributed by atoms with Gasteiger partial charge in [0.25, 0.3) is 0 Å². The van der Waals surface area contributed by atoms with E-state index in [-0.39, 0.29) is 22.1 Å². The van der Waals surface area contributed by atoms with E-state index in [1.807, 2.05) is 0 Å². The Kier molecular flexibility index (Phi) is 5.57. The summed E-state index contributed by atoms with van der Waals surface area (Å²) < 4.78 is 35.3. The predicted molar refractivity (Wildman–Crippen MR) is 93.4 cm³/mol. The van der Waals surface area contributed by atoms with Crippen molar-refractivity contribution in [3.05, 3.63) is 51.9 Å². The van der Waals surface area contributed by atoms with Crippen LogP contribution in [0.3, 0.4) is 0 Å². The van der Waals surface area contributed by atoms with E-state index in [1.54, 1.807) is 6.07 Å². The fourth-order valence-electron chi connectivity index (χ4n) is 2.06. The number of halogens is 1. The third-order valence-electron chi connectivity index (χ3n) is 3.32. The molecule has 0 radical (unpaired) electrons. The quantitative estimate of drug-likeness (QED) is 0.799. The fraction of sp³-hybridized carbons (Fsp3) is 0.118. The van der Waals surface area contributed by atoms with Gasteiger partial charge in [-0.1, -0.05) is 11.6 Å². The normalized spacial score (nSPS) is 11.7. The zero-order valence-electron chi connectivity index (χ0n) is 13.4. The van der Waals surface area contributed by atoms with Gasteiger partial charge in [-0.25, -0.2) is 8.42 Å². The average Bonchev–Trinajstić information content (AvgIpc) is 2.60. The molecule has 0 bridgehead atoms. The molecule has 0 saturated heterocycles. The van der Waals surface area contributed by atoms with Crippen molar-refractivity contribution in [3.63, 3.8) is 0 Å². The van der Waals surface area contributed by atoms with E-state index in [4.69, 9.17) is 21.1 Å². The van der Waals surface area contributed by atoms with Gasteiger partial charge in [-0.2, -0.15) is 5.26 Å². The number of aromatic hydroxyl groups is 1. The lowest BCUT2D eigenvalue weighted by molar-refractivity contribution is 0.340. The number of methoxy groups -OCH3 is 2. The molecule has 2 rings (SSSR count). The van der Waals surface area contributed by atoms with E-state index in [0.717, 1.165) is 0 Å². The van der Waals surface area contributed by atoms with Crippen LogP contribution in [0.1, 0.15) is 5.56 Å². The first-order chi connectivity index (χ1) is 11.8. The molecular formula is C17H14ClNO5S. The second-order valence-corrected chi connectivity index (χ2v) is 7.21. The summed E-state index contributed by atoms with van der Waals surface area (Å²) in [6.07, 6.45) is 1.18. The summed E-state index contributed by atoms with van der Waals surface area (Å²) in [4.78, 5) is -0.521. The van der Waals surface area contributed by atoms with Crippen LogP contribution in [0.25, 0.3) is 6.08 Å². The van der Waals surface area contributed by atoms with Gasteiger partial charge in [0.15, 0.2) is 11.5 Å². The minimum Gasteiger partial charge on any atom is -0.502 e. The number of hydrogen-bond acceptors (Lipinski definition) is 6. The Labute approximate surface area is 150 Å². The smallest absolute Gasteiger partial charge is 0.216 e. The first-order valence-electron chi connectivity index (χ1n) is 6.91. The van der Waals surface area contributed by atoms with Crippen LogP contribution in [0.2, 0.25) is 5.02 Å². The number of rotatable bonds is 5. The fourth-order valence-corrected chi connectivity index (χ4v) is 3.34. The Bertz CT molecular complexity index is 935. The van der Waals surface area contributed by atoms with Crippen LogP contribution in [0.15, 0.2) is 46.2 Å². The van der Waals surface area contributed by atoms with E-state index in [1.165, 1.54) is 56.7 Å². The number of benzene rings is 2. The molecule has 2 aromatic rings. The monoisotopic (exact) mass is 379 g/mol. The summed E-state index contributed by atoms with van der Waals surface area (Å²) >= 11 is 5.76. The summed E-state index contributed by atoms with van der Waals surface area (Å²) in [5.41, 5.74) is 0.320. The lowest BCUT2D eigenvalue weighted by atomic mass is 10.1. The van der Waals surface area contributed by atoms with Crippen molar-refractivity contribution in [2.24, 2.45) is 0 Å². The van der Waals surface area contributed by atoms with Crippen LogP contribution in [-0.4, -0.2) is 27.7 Å². The standard InChI is InChI=1S/C17H14ClNO5S/c1-23-15-8-11(9-16(24-2)17(15)20)7-14(10-19)25(21,22)13-5-3-12(18)4-6-13/h3-9,20H,1-2H3/b14-7-. The molecule has 0 aliphatic carbocycles. The van der Waals surface area contributed by atoms with E-state index >= 15 is 0 Å². The highest BCUT2D eigenvalue weighted by atomic mass is 35.5. The Balaban J connectivity index is 2.58. The van der Waals surface area contributed by atoms with Gasteiger partial charge in [0.1, 0.15) is 11.0 Å². The van der Waals surface area contributed by atoms with Gasteiger partial charge in [0.05, 0.1) is 19.1 Å². The van der Waals surface area contributed by atoms with E-state index in [9.17, 15) is 18.8 Å². The van der Waals surface area contributed by atoms with Crippen molar-refractivity contribution in [2.75, 3.05) is 14.2 Å². The van der Waals surface area contributed by atoms with Crippen LogP contribution in [-0.2, 0) is 9.84 Å². The molecule has 0 spiro atoms. The Morgan fingerprint density at radius 2 is 1.68 bits per heavy atom. The SMILES string of the molecule is COc1cc(/C=C(/C#N)S(=O)(=O)c2ccc(Cl)cc2)cc(OC)c1O. The molecule has 25 heavy (non-hydrogen) atoms. The summed E-state index contributed by atoms with van der Waals surface area (Å²) in [6.45, 7) is 0. The number of nitrogens with zero attached hydrogens (tertiary/aromatic N) is 1. The van der Waals surface area contributed by atoms with Crippen LogP contribution in [0, 0.1) is 11.3 Å². The highest BCUT2D eigenvalue weighted by Crippen LogP contribution is 2.38. The van der Waals surface area contributed by atoms with Crippen molar-refractivity contribution in [1.82, 2.24) is 0 Å². The molecule has 1 N–H and O–H groups in total. The number of allylic oxidation sites excluding steroid dienone is 1. The molecule has 6 nitrogen and oxygen atoms in total. The van der Waals surface area contributed by atoms with Crippen molar-refractivity contribution < 1.29 is 23.0 Å². The minimum atomic E-state index is -4.02. The van der Waals surface area contributed by atoms with E-state index in [2.05, 4.69) is 0 Å². The van der Waals surface area contributed by atoms with Crippen LogP contribution < -0.4 is 9.47 Å². The zero-order chi connectivity index (χ0) is 18.6. The molecule has 8 heteroatoms. The topological polar surface area (TPSA) is 96.6 Å². The van der Waals surface area contributed by atoms with Crippen molar-refractivity contribution in [3.8, 4) is 23.3 Å². The highest BCUT2D eigenvalue weighted by molar-refractivity contribution is 7.95. The first kappa shape index (κ1) is 18.6. The summed E-state index contributed by atoms with van der Waals surface area (Å²) in [7, 11) is -1.33. The van der Waals surface area contributed by atoms with Gasteiger partial charge in [-0.15, -0.1) is 0 Å². The highest BCUT2D eigenvalue weighted by Gasteiger charge is 2.21. The van der Waals surface area contributed by atoms with Gasteiger partial charge in [0, 0.05) is 5.02 Å². The van der Waals surface area contributed by atoms with E-state index < -0.39 is 14.7 Å². The maximum absolute atomic E-state index is 12.6. The molecule has 0 aromatic heterocycles. The number of ether oxygens (including phenoxy) is 2. The summed E-state index contributed by atoms with van der Waals surface area (Å²) in [6, 6.07) is 9.97. The second-order valence-electron chi connectivity index (χ2n) is 4.85. The van der Waals surface area contributed by atoms with Gasteiger partial charge >= 0.3 is 0 Å². The minimum absolute atomic E-state index is 0.0533. The second kappa shape index (κ2) is 7.47. The molecule has 130 valence electrons. The lowest BCUT2D eigenvalue weighted by Crippen LogP contribution is -2.03. The van der Waals surface area contributed by atoms with Gasteiger partial charge in [0.2, 0.25) is 15.6 Å². The molecule has 2 aromatic carbocycles. The molecule has 0 amide bonds. The van der Waals surface area contributed by atoms with Crippen LogP contribution >= 0.6 is 11.6 Å². The number of nitriles is 1. The van der Waals surface area contributed by atoms with Crippen molar-refractivity contribution in [1.29, 1.82) is 5.26 Å². The van der Waals surface area contributed by atoms with Crippen LogP contribution in [0.4, 0.5) is 0 Å². The van der Waals surface area contributed by atoms with Gasteiger partial charge in [-0.05, 0) is 48.0 Å². The third-order valence-corrected chi connectivity index (χ3v) is 5.26. The number of phenols is 1. The number of phenolic OH excluding ortho intramolecular Hbond substituents is 1. The maximum Gasteiger partial charge on any atom is 0.216 e.